The summed E-state index contributed by atoms with van der Waals surface area (Å²) in [5.41, 5.74) is 3.19. The van der Waals surface area contributed by atoms with Gasteiger partial charge in [-0.05, 0) is 46.1 Å². The molecule has 21 heavy (non-hydrogen) atoms. The molecule has 1 aromatic heterocycles. The van der Waals surface area contributed by atoms with Gasteiger partial charge in [0.15, 0.2) is 0 Å². The van der Waals surface area contributed by atoms with Crippen molar-refractivity contribution in [1.82, 2.24) is 10.3 Å². The molecule has 118 valence electrons. The molecule has 0 bridgehead atoms. The zero-order chi connectivity index (χ0) is 16.0. The lowest BCUT2D eigenvalue weighted by molar-refractivity contribution is -0.121. The highest BCUT2D eigenvalue weighted by Crippen LogP contribution is 2.20. The molecule has 0 aliphatic carbocycles. The first-order valence-corrected chi connectivity index (χ1v) is 7.55. The molecular weight excluding hydrogens is 268 g/mol. The van der Waals surface area contributed by atoms with E-state index in [-0.39, 0.29) is 17.9 Å². The minimum absolute atomic E-state index is 0.0358. The highest BCUT2D eigenvalue weighted by Gasteiger charge is 2.19. The Morgan fingerprint density at radius 3 is 2.52 bits per heavy atom. The molecule has 1 rings (SSSR count). The quantitative estimate of drug-likeness (QED) is 0.759. The van der Waals surface area contributed by atoms with Gasteiger partial charge >= 0.3 is 5.97 Å². The summed E-state index contributed by atoms with van der Waals surface area (Å²) >= 11 is 0. The van der Waals surface area contributed by atoms with Crippen LogP contribution in [0.5, 0.6) is 0 Å². The first kappa shape index (κ1) is 17.3. The van der Waals surface area contributed by atoms with Crippen LogP contribution in [0.3, 0.4) is 0 Å². The minimum atomic E-state index is -0.306. The van der Waals surface area contributed by atoms with E-state index in [1.165, 1.54) is 0 Å². The van der Waals surface area contributed by atoms with Crippen LogP contribution in [0, 0.1) is 13.8 Å². The molecule has 5 nitrogen and oxygen atoms in total. The third-order valence-corrected chi connectivity index (χ3v) is 3.64. The molecule has 1 atom stereocenters. The van der Waals surface area contributed by atoms with Crippen molar-refractivity contribution in [2.75, 3.05) is 6.61 Å². The number of amides is 1. The van der Waals surface area contributed by atoms with Crippen molar-refractivity contribution in [1.29, 1.82) is 0 Å². The van der Waals surface area contributed by atoms with Crippen LogP contribution in [-0.2, 0) is 16.0 Å². The lowest BCUT2D eigenvalue weighted by atomic mass is 10.1. The molecule has 0 aliphatic heterocycles. The zero-order valence-electron chi connectivity index (χ0n) is 13.6. The number of nitrogens with one attached hydrogen (secondary N) is 2. The molecule has 2 N–H and O–H groups in total. The number of aromatic amines is 1. The van der Waals surface area contributed by atoms with Crippen LogP contribution in [0.2, 0.25) is 0 Å². The lowest BCUT2D eigenvalue weighted by Crippen LogP contribution is -2.32. The van der Waals surface area contributed by atoms with Crippen LogP contribution in [0.25, 0.3) is 0 Å². The van der Waals surface area contributed by atoms with E-state index in [2.05, 4.69) is 10.3 Å². The molecule has 0 aliphatic rings. The summed E-state index contributed by atoms with van der Waals surface area (Å²) in [6, 6.07) is 0.194. The van der Waals surface area contributed by atoms with Gasteiger partial charge in [-0.3, -0.25) is 4.79 Å². The molecule has 0 saturated heterocycles. The van der Waals surface area contributed by atoms with Crippen molar-refractivity contribution in [3.8, 4) is 0 Å². The average Bonchev–Trinajstić information content (AvgIpc) is 2.71. The number of aryl methyl sites for hydroxylation is 2. The van der Waals surface area contributed by atoms with Crippen LogP contribution >= 0.6 is 0 Å². The van der Waals surface area contributed by atoms with Gasteiger partial charge < -0.3 is 15.0 Å². The maximum Gasteiger partial charge on any atom is 0.340 e. The number of carbonyl (C=O) groups excluding carboxylic acids is 2. The second kappa shape index (κ2) is 7.86. The Balaban J connectivity index is 2.71. The molecule has 1 amide bonds. The predicted molar refractivity (Wildman–Crippen MR) is 82.4 cm³/mol. The monoisotopic (exact) mass is 294 g/mol. The molecule has 0 saturated carbocycles. The molecule has 0 radical (unpaired) electrons. The molecule has 0 unspecified atom stereocenters. The van der Waals surface area contributed by atoms with Gasteiger partial charge in [0.2, 0.25) is 5.91 Å². The summed E-state index contributed by atoms with van der Waals surface area (Å²) in [4.78, 5) is 26.9. The van der Waals surface area contributed by atoms with Crippen molar-refractivity contribution in [2.45, 2.75) is 59.9 Å². The van der Waals surface area contributed by atoms with E-state index >= 15 is 0 Å². The Hall–Kier alpha value is -1.78. The third kappa shape index (κ3) is 4.62. The number of hydrogen-bond donors (Lipinski definition) is 2. The molecule has 5 heteroatoms. The average molecular weight is 294 g/mol. The van der Waals surface area contributed by atoms with E-state index in [0.717, 1.165) is 23.4 Å². The van der Waals surface area contributed by atoms with Gasteiger partial charge in [-0.25, -0.2) is 4.79 Å². The van der Waals surface area contributed by atoms with E-state index < -0.39 is 0 Å². The smallest absolute Gasteiger partial charge is 0.340 e. The van der Waals surface area contributed by atoms with Gasteiger partial charge in [-0.2, -0.15) is 0 Å². The normalized spacial score (nSPS) is 12.0. The molecule has 0 aromatic carbocycles. The number of carbonyl (C=O) groups is 2. The Kier molecular flexibility index (Phi) is 6.46. The Morgan fingerprint density at radius 1 is 1.29 bits per heavy atom. The van der Waals surface area contributed by atoms with E-state index in [4.69, 9.17) is 4.74 Å². The van der Waals surface area contributed by atoms with E-state index in [9.17, 15) is 9.59 Å². The summed E-state index contributed by atoms with van der Waals surface area (Å²) in [7, 11) is 0. The first-order chi connectivity index (χ1) is 9.90. The zero-order valence-corrected chi connectivity index (χ0v) is 13.6. The number of H-pyrrole nitrogens is 1. The van der Waals surface area contributed by atoms with Gasteiger partial charge in [-0.1, -0.05) is 6.92 Å². The number of aromatic nitrogens is 1. The standard InChI is InChI=1S/C16H26N2O3/c1-6-10(3)17-14(19)9-8-13-11(4)15(12(5)18-13)16(20)21-7-2/h10,18H,6-9H2,1-5H3,(H,17,19)/t10-/m0/s1. The van der Waals surface area contributed by atoms with Crippen molar-refractivity contribution < 1.29 is 14.3 Å². The van der Waals surface area contributed by atoms with Gasteiger partial charge in [-0.15, -0.1) is 0 Å². The Bertz CT molecular complexity index is 506. The van der Waals surface area contributed by atoms with Crippen molar-refractivity contribution in [3.63, 3.8) is 0 Å². The van der Waals surface area contributed by atoms with Crippen molar-refractivity contribution >= 4 is 11.9 Å². The molecule has 0 spiro atoms. The van der Waals surface area contributed by atoms with Gasteiger partial charge in [0.1, 0.15) is 0 Å². The molecule has 0 fully saturated rings. The minimum Gasteiger partial charge on any atom is -0.462 e. The predicted octanol–water partition coefficient (Wildman–Crippen LogP) is 2.66. The third-order valence-electron chi connectivity index (χ3n) is 3.64. The Labute approximate surface area is 126 Å². The second-order valence-corrected chi connectivity index (χ2v) is 5.33. The summed E-state index contributed by atoms with van der Waals surface area (Å²) in [6.07, 6.45) is 1.92. The Morgan fingerprint density at radius 2 is 1.95 bits per heavy atom. The van der Waals surface area contributed by atoms with Gasteiger partial charge in [0, 0.05) is 23.9 Å². The van der Waals surface area contributed by atoms with Crippen LogP contribution in [0.15, 0.2) is 0 Å². The topological polar surface area (TPSA) is 71.2 Å². The van der Waals surface area contributed by atoms with Gasteiger partial charge in [0.05, 0.1) is 12.2 Å². The summed E-state index contributed by atoms with van der Waals surface area (Å²) in [5, 5.41) is 2.94. The van der Waals surface area contributed by atoms with E-state index in [0.29, 0.717) is 25.0 Å². The number of hydrogen-bond acceptors (Lipinski definition) is 3. The fourth-order valence-electron chi connectivity index (χ4n) is 2.26. The fourth-order valence-corrected chi connectivity index (χ4v) is 2.26. The van der Waals surface area contributed by atoms with Crippen molar-refractivity contribution in [3.05, 3.63) is 22.5 Å². The molecule has 1 aromatic rings. The van der Waals surface area contributed by atoms with Gasteiger partial charge in [0.25, 0.3) is 0 Å². The van der Waals surface area contributed by atoms with E-state index in [1.54, 1.807) is 6.92 Å². The summed E-state index contributed by atoms with van der Waals surface area (Å²) < 4.78 is 5.06. The van der Waals surface area contributed by atoms with E-state index in [1.807, 2.05) is 27.7 Å². The van der Waals surface area contributed by atoms with Crippen molar-refractivity contribution in [2.24, 2.45) is 0 Å². The number of rotatable bonds is 7. The number of esters is 1. The van der Waals surface area contributed by atoms with Crippen LogP contribution in [0.4, 0.5) is 0 Å². The summed E-state index contributed by atoms with van der Waals surface area (Å²) in [5.74, 6) is -0.271. The molecule has 1 heterocycles. The highest BCUT2D eigenvalue weighted by atomic mass is 16.5. The largest absolute Gasteiger partial charge is 0.462 e. The maximum absolute atomic E-state index is 11.9. The highest BCUT2D eigenvalue weighted by molar-refractivity contribution is 5.92. The van der Waals surface area contributed by atoms with Crippen LogP contribution in [-0.4, -0.2) is 29.5 Å². The second-order valence-electron chi connectivity index (χ2n) is 5.33. The molecular formula is C16H26N2O3. The number of ether oxygens (including phenoxy) is 1. The fraction of sp³-hybridized carbons (Fsp3) is 0.625. The van der Waals surface area contributed by atoms with Crippen LogP contribution < -0.4 is 5.32 Å². The SMILES string of the molecule is CCOC(=O)c1c(C)[nH]c(CCC(=O)N[C@@H](C)CC)c1C. The van der Waals surface area contributed by atoms with Crippen LogP contribution in [0.1, 0.15) is 60.9 Å². The summed E-state index contributed by atoms with van der Waals surface area (Å²) in [6.45, 7) is 9.90. The maximum atomic E-state index is 11.9. The first-order valence-electron chi connectivity index (χ1n) is 7.55. The lowest BCUT2D eigenvalue weighted by Gasteiger charge is -2.11.